The van der Waals surface area contributed by atoms with Crippen LogP contribution in [0.3, 0.4) is 0 Å². The van der Waals surface area contributed by atoms with Crippen molar-refractivity contribution >= 4 is 21.6 Å². The zero-order valence-corrected chi connectivity index (χ0v) is 22.2. The molecule has 1 aliphatic rings. The molecule has 37 heavy (non-hydrogen) atoms. The lowest BCUT2D eigenvalue weighted by Gasteiger charge is -2.25. The average molecular weight is 522 g/mol. The number of amides is 1. The summed E-state index contributed by atoms with van der Waals surface area (Å²) in [5.41, 5.74) is 3.20. The molecule has 1 saturated heterocycles. The van der Waals surface area contributed by atoms with E-state index in [4.69, 9.17) is 4.74 Å². The maximum atomic E-state index is 13.4. The molecule has 0 aromatic heterocycles. The van der Waals surface area contributed by atoms with E-state index in [0.717, 1.165) is 12.1 Å². The summed E-state index contributed by atoms with van der Waals surface area (Å²) >= 11 is 0. The molecule has 2 atom stereocenters. The molecule has 196 valence electrons. The number of rotatable bonds is 11. The van der Waals surface area contributed by atoms with Gasteiger partial charge in [-0.3, -0.25) is 14.0 Å². The summed E-state index contributed by atoms with van der Waals surface area (Å²) in [5, 5.41) is 3.18. The summed E-state index contributed by atoms with van der Waals surface area (Å²) in [5.74, 6) is -0.202. The van der Waals surface area contributed by atoms with Crippen molar-refractivity contribution in [2.24, 2.45) is 0 Å². The highest BCUT2D eigenvalue weighted by Gasteiger charge is 2.32. The van der Waals surface area contributed by atoms with Gasteiger partial charge in [-0.25, -0.2) is 8.42 Å². The van der Waals surface area contributed by atoms with Crippen LogP contribution in [0.5, 0.6) is 0 Å². The lowest BCUT2D eigenvalue weighted by Crippen LogP contribution is -2.46. The minimum Gasteiger partial charge on any atom is -0.359 e. The van der Waals surface area contributed by atoms with Crippen molar-refractivity contribution in [3.05, 3.63) is 102 Å². The van der Waals surface area contributed by atoms with Crippen molar-refractivity contribution in [2.45, 2.75) is 38.5 Å². The van der Waals surface area contributed by atoms with Crippen LogP contribution in [0.1, 0.15) is 34.8 Å². The molecule has 0 saturated carbocycles. The Morgan fingerprint density at radius 2 is 1.70 bits per heavy atom. The van der Waals surface area contributed by atoms with Crippen LogP contribution in [0.25, 0.3) is 0 Å². The van der Waals surface area contributed by atoms with Crippen molar-refractivity contribution < 1.29 is 17.9 Å². The summed E-state index contributed by atoms with van der Waals surface area (Å²) in [7, 11) is -1.92. The Morgan fingerprint density at radius 3 is 2.38 bits per heavy atom. The van der Waals surface area contributed by atoms with Gasteiger partial charge in [0.25, 0.3) is 5.91 Å². The topological polar surface area (TPSA) is 79.0 Å². The molecule has 1 fully saturated rings. The number of benzene rings is 3. The van der Waals surface area contributed by atoms with Gasteiger partial charge in [0.1, 0.15) is 0 Å². The second-order valence-electron chi connectivity index (χ2n) is 9.43. The zero-order chi connectivity index (χ0) is 26.3. The number of anilines is 1. The summed E-state index contributed by atoms with van der Waals surface area (Å²) in [6, 6.07) is 26.8. The number of hydrogen-bond acceptors (Lipinski definition) is 5. The SMILES string of the molecule is CCCS(=O)(=O)N(C)c1cccc(C(=O)N[C@@H](Cc2ccccc2)C2CN(Cc3ccccc3)CO2)c1. The van der Waals surface area contributed by atoms with Crippen LogP contribution >= 0.6 is 0 Å². The van der Waals surface area contributed by atoms with Crippen LogP contribution < -0.4 is 9.62 Å². The smallest absolute Gasteiger partial charge is 0.251 e. The van der Waals surface area contributed by atoms with E-state index in [-0.39, 0.29) is 23.8 Å². The summed E-state index contributed by atoms with van der Waals surface area (Å²) in [6.07, 6.45) is 0.973. The monoisotopic (exact) mass is 521 g/mol. The van der Waals surface area contributed by atoms with Gasteiger partial charge in [0, 0.05) is 25.7 Å². The molecule has 3 aromatic rings. The lowest BCUT2D eigenvalue weighted by molar-refractivity contribution is 0.0599. The van der Waals surface area contributed by atoms with E-state index in [2.05, 4.69) is 22.3 Å². The molecular weight excluding hydrogens is 486 g/mol. The standard InChI is InChI=1S/C29H35N3O4S/c1-3-17-37(34,35)31(2)26-16-10-15-25(19-26)29(33)30-27(18-23-11-6-4-7-12-23)28-21-32(22-36-28)20-24-13-8-5-9-14-24/h4-16,19,27-28H,3,17-18,20-22H2,1-2H3,(H,30,33)/t27-,28?/m0/s1. The van der Waals surface area contributed by atoms with Crippen LogP contribution in [-0.2, 0) is 27.7 Å². The Balaban J connectivity index is 1.49. The van der Waals surface area contributed by atoms with E-state index >= 15 is 0 Å². The molecule has 0 spiro atoms. The normalized spacial score (nSPS) is 16.9. The highest BCUT2D eigenvalue weighted by molar-refractivity contribution is 7.92. The number of hydrogen-bond donors (Lipinski definition) is 1. The molecule has 1 heterocycles. The second-order valence-corrected chi connectivity index (χ2v) is 11.6. The number of sulfonamides is 1. The molecule has 0 aliphatic carbocycles. The van der Waals surface area contributed by atoms with Crippen LogP contribution in [0, 0.1) is 0 Å². The third kappa shape index (κ3) is 7.19. The Hall–Kier alpha value is -3.20. The fourth-order valence-electron chi connectivity index (χ4n) is 4.55. The van der Waals surface area contributed by atoms with Gasteiger partial charge >= 0.3 is 0 Å². The van der Waals surface area contributed by atoms with Gasteiger partial charge in [-0.05, 0) is 42.2 Å². The first-order valence-corrected chi connectivity index (χ1v) is 14.3. The Morgan fingerprint density at radius 1 is 1.03 bits per heavy atom. The maximum absolute atomic E-state index is 13.4. The largest absolute Gasteiger partial charge is 0.359 e. The minimum atomic E-state index is -3.44. The zero-order valence-electron chi connectivity index (χ0n) is 21.4. The van der Waals surface area contributed by atoms with E-state index in [0.29, 0.717) is 37.4 Å². The first-order chi connectivity index (χ1) is 17.9. The van der Waals surface area contributed by atoms with Crippen molar-refractivity contribution in [1.82, 2.24) is 10.2 Å². The fraction of sp³-hybridized carbons (Fsp3) is 0.345. The van der Waals surface area contributed by atoms with Crippen molar-refractivity contribution in [3.8, 4) is 0 Å². The van der Waals surface area contributed by atoms with Crippen LogP contribution in [0.2, 0.25) is 0 Å². The van der Waals surface area contributed by atoms with Crippen molar-refractivity contribution in [3.63, 3.8) is 0 Å². The molecular formula is C29H35N3O4S. The van der Waals surface area contributed by atoms with E-state index in [1.165, 1.54) is 16.9 Å². The predicted molar refractivity (Wildman–Crippen MR) is 147 cm³/mol. The summed E-state index contributed by atoms with van der Waals surface area (Å²) in [6.45, 7) is 3.80. The molecule has 1 N–H and O–H groups in total. The molecule has 1 amide bonds. The second kappa shape index (κ2) is 12.4. The van der Waals surface area contributed by atoms with Gasteiger partial charge in [-0.2, -0.15) is 0 Å². The van der Waals surface area contributed by atoms with E-state index in [1.54, 1.807) is 24.3 Å². The third-order valence-corrected chi connectivity index (χ3v) is 8.54. The predicted octanol–water partition coefficient (Wildman–Crippen LogP) is 4.06. The molecule has 0 radical (unpaired) electrons. The van der Waals surface area contributed by atoms with Gasteiger partial charge < -0.3 is 10.1 Å². The molecule has 4 rings (SSSR count). The molecule has 3 aromatic carbocycles. The van der Waals surface area contributed by atoms with Crippen LogP contribution in [0.4, 0.5) is 5.69 Å². The highest BCUT2D eigenvalue weighted by atomic mass is 32.2. The minimum absolute atomic E-state index is 0.0531. The number of carbonyl (C=O) groups is 1. The van der Waals surface area contributed by atoms with E-state index < -0.39 is 10.0 Å². The molecule has 8 heteroatoms. The molecule has 7 nitrogen and oxygen atoms in total. The van der Waals surface area contributed by atoms with Crippen molar-refractivity contribution in [2.75, 3.05) is 30.4 Å². The van der Waals surface area contributed by atoms with Gasteiger partial charge in [0.05, 0.1) is 30.3 Å². The van der Waals surface area contributed by atoms with Crippen LogP contribution in [0.15, 0.2) is 84.9 Å². The summed E-state index contributed by atoms with van der Waals surface area (Å²) < 4.78 is 32.5. The van der Waals surface area contributed by atoms with Crippen LogP contribution in [-0.4, -0.2) is 57.4 Å². The first-order valence-electron chi connectivity index (χ1n) is 12.6. The average Bonchev–Trinajstić information content (AvgIpc) is 3.37. The fourth-order valence-corrected chi connectivity index (χ4v) is 5.77. The van der Waals surface area contributed by atoms with E-state index in [1.807, 2.05) is 55.5 Å². The third-order valence-electron chi connectivity index (χ3n) is 6.57. The maximum Gasteiger partial charge on any atom is 0.251 e. The molecule has 0 bridgehead atoms. The van der Waals surface area contributed by atoms with Crippen molar-refractivity contribution in [1.29, 1.82) is 0 Å². The van der Waals surface area contributed by atoms with Gasteiger partial charge in [0.15, 0.2) is 0 Å². The molecule has 1 aliphatic heterocycles. The highest BCUT2D eigenvalue weighted by Crippen LogP contribution is 2.21. The Kier molecular flexibility index (Phi) is 8.97. The Bertz CT molecular complexity index is 1270. The number of nitrogens with zero attached hydrogens (tertiary/aromatic N) is 2. The van der Waals surface area contributed by atoms with Gasteiger partial charge in [0.2, 0.25) is 10.0 Å². The number of carbonyl (C=O) groups excluding carboxylic acids is 1. The van der Waals surface area contributed by atoms with E-state index in [9.17, 15) is 13.2 Å². The quantitative estimate of drug-likeness (QED) is 0.412. The molecule has 1 unspecified atom stereocenters. The number of nitrogens with one attached hydrogen (secondary N) is 1. The number of ether oxygens (including phenoxy) is 1. The Labute approximate surface area is 220 Å². The van der Waals surface area contributed by atoms with Gasteiger partial charge in [-0.1, -0.05) is 73.7 Å². The first kappa shape index (κ1) is 26.9. The lowest BCUT2D eigenvalue weighted by atomic mass is 10.00. The van der Waals surface area contributed by atoms with Gasteiger partial charge in [-0.15, -0.1) is 0 Å². The summed E-state index contributed by atoms with van der Waals surface area (Å²) in [4.78, 5) is 15.6.